The molecule has 2 aromatic carbocycles. The molecule has 0 radical (unpaired) electrons. The number of benzene rings is 2. The summed E-state index contributed by atoms with van der Waals surface area (Å²) in [5, 5.41) is 13.0. The first-order chi connectivity index (χ1) is 13.6. The molecule has 7 nitrogen and oxygen atoms in total. The maximum Gasteiger partial charge on any atom is 0.410 e. The van der Waals surface area contributed by atoms with Crippen molar-refractivity contribution in [3.05, 3.63) is 60.2 Å². The molecule has 2 aromatic rings. The van der Waals surface area contributed by atoms with Crippen molar-refractivity contribution in [3.8, 4) is 11.5 Å². The van der Waals surface area contributed by atoms with E-state index >= 15 is 0 Å². The van der Waals surface area contributed by atoms with Gasteiger partial charge in [0.2, 0.25) is 5.72 Å². The number of para-hydroxylation sites is 2. The van der Waals surface area contributed by atoms with E-state index in [1.807, 2.05) is 48.5 Å². The standard InChI is InChI=1S/C22H27NO6/c1-21(2,3)29-20(25)23-22(26,19(24)27-4)15-14-16-10-8-9-13-18(16)28-17-11-6-5-7-12-17/h5-13,26H,14-15H2,1-4H3,(H,23,25). The van der Waals surface area contributed by atoms with Crippen molar-refractivity contribution in [2.75, 3.05) is 7.11 Å². The molecule has 0 aromatic heterocycles. The van der Waals surface area contributed by atoms with E-state index in [-0.39, 0.29) is 12.8 Å². The summed E-state index contributed by atoms with van der Waals surface area (Å²) in [6.07, 6.45) is -0.808. The van der Waals surface area contributed by atoms with Gasteiger partial charge < -0.3 is 19.3 Å². The first kappa shape index (κ1) is 22.2. The van der Waals surface area contributed by atoms with E-state index in [1.54, 1.807) is 26.8 Å². The summed E-state index contributed by atoms with van der Waals surface area (Å²) in [6.45, 7) is 5.04. The van der Waals surface area contributed by atoms with E-state index in [1.165, 1.54) is 0 Å². The van der Waals surface area contributed by atoms with E-state index in [0.29, 0.717) is 11.5 Å². The lowest BCUT2D eigenvalue weighted by atomic mass is 10.0. The number of amides is 1. The number of methoxy groups -OCH3 is 1. The molecule has 1 amide bonds. The number of esters is 1. The first-order valence-corrected chi connectivity index (χ1v) is 9.26. The van der Waals surface area contributed by atoms with Gasteiger partial charge in [-0.25, -0.2) is 9.59 Å². The van der Waals surface area contributed by atoms with Gasteiger partial charge in [0.1, 0.15) is 17.1 Å². The van der Waals surface area contributed by atoms with Gasteiger partial charge in [0.15, 0.2) is 0 Å². The molecule has 1 unspecified atom stereocenters. The number of carbonyl (C=O) groups excluding carboxylic acids is 2. The molecule has 0 saturated heterocycles. The molecule has 29 heavy (non-hydrogen) atoms. The summed E-state index contributed by atoms with van der Waals surface area (Å²) in [6, 6.07) is 16.5. The van der Waals surface area contributed by atoms with Crippen molar-refractivity contribution in [2.24, 2.45) is 0 Å². The highest BCUT2D eigenvalue weighted by Gasteiger charge is 2.40. The van der Waals surface area contributed by atoms with Gasteiger partial charge in [-0.15, -0.1) is 0 Å². The van der Waals surface area contributed by atoms with Crippen LogP contribution in [0.5, 0.6) is 11.5 Å². The van der Waals surface area contributed by atoms with E-state index in [9.17, 15) is 14.7 Å². The van der Waals surface area contributed by atoms with Crippen LogP contribution in [0.1, 0.15) is 32.8 Å². The second-order valence-corrected chi connectivity index (χ2v) is 7.50. The minimum absolute atomic E-state index is 0.131. The Morgan fingerprint density at radius 3 is 2.24 bits per heavy atom. The molecular formula is C22H27NO6. The van der Waals surface area contributed by atoms with E-state index < -0.39 is 23.4 Å². The molecule has 0 aliphatic carbocycles. The number of hydrogen-bond acceptors (Lipinski definition) is 6. The van der Waals surface area contributed by atoms with Crippen LogP contribution in [-0.4, -0.2) is 35.6 Å². The fourth-order valence-electron chi connectivity index (χ4n) is 2.60. The highest BCUT2D eigenvalue weighted by Crippen LogP contribution is 2.27. The lowest BCUT2D eigenvalue weighted by molar-refractivity contribution is -0.166. The lowest BCUT2D eigenvalue weighted by Gasteiger charge is -2.28. The number of alkyl carbamates (subject to hydrolysis) is 1. The Balaban J connectivity index is 2.15. The van der Waals surface area contributed by atoms with Crippen molar-refractivity contribution in [1.82, 2.24) is 5.32 Å². The highest BCUT2D eigenvalue weighted by atomic mass is 16.6. The smallest absolute Gasteiger partial charge is 0.410 e. The van der Waals surface area contributed by atoms with E-state index in [2.05, 4.69) is 10.1 Å². The van der Waals surface area contributed by atoms with Crippen molar-refractivity contribution in [3.63, 3.8) is 0 Å². The molecule has 0 bridgehead atoms. The van der Waals surface area contributed by atoms with E-state index in [0.717, 1.165) is 12.7 Å². The van der Waals surface area contributed by atoms with Crippen LogP contribution in [0.3, 0.4) is 0 Å². The fraction of sp³-hybridized carbons (Fsp3) is 0.364. The SMILES string of the molecule is COC(=O)C(O)(CCc1ccccc1Oc1ccccc1)NC(=O)OC(C)(C)C. The van der Waals surface area contributed by atoms with Crippen LogP contribution in [0.2, 0.25) is 0 Å². The number of nitrogens with one attached hydrogen (secondary N) is 1. The third kappa shape index (κ3) is 6.80. The predicted octanol–water partition coefficient (Wildman–Crippen LogP) is 3.80. The monoisotopic (exact) mass is 401 g/mol. The summed E-state index contributed by atoms with van der Waals surface area (Å²) >= 11 is 0. The number of rotatable bonds is 7. The molecule has 156 valence electrons. The third-order valence-corrected chi connectivity index (χ3v) is 3.93. The molecule has 0 aliphatic heterocycles. The molecule has 7 heteroatoms. The van der Waals surface area contributed by atoms with Crippen LogP contribution in [-0.2, 0) is 20.7 Å². The molecule has 0 aliphatic rings. The normalized spacial score (nSPS) is 13.1. The molecule has 0 spiro atoms. The zero-order valence-corrected chi connectivity index (χ0v) is 17.1. The maximum absolute atomic E-state index is 12.2. The second kappa shape index (κ2) is 9.43. The van der Waals surface area contributed by atoms with Crippen LogP contribution in [0.4, 0.5) is 4.79 Å². The Morgan fingerprint density at radius 1 is 1.00 bits per heavy atom. The highest BCUT2D eigenvalue weighted by molar-refractivity contribution is 5.84. The fourth-order valence-corrected chi connectivity index (χ4v) is 2.60. The Morgan fingerprint density at radius 2 is 1.62 bits per heavy atom. The summed E-state index contributed by atoms with van der Waals surface area (Å²) in [5.74, 6) is 0.267. The Hall–Kier alpha value is -3.06. The van der Waals surface area contributed by atoms with Gasteiger partial charge in [0.05, 0.1) is 7.11 Å². The average Bonchev–Trinajstić information content (AvgIpc) is 2.66. The number of ether oxygens (including phenoxy) is 3. The van der Waals surface area contributed by atoms with Crippen LogP contribution >= 0.6 is 0 Å². The van der Waals surface area contributed by atoms with E-state index in [4.69, 9.17) is 9.47 Å². The molecule has 2 N–H and O–H groups in total. The minimum atomic E-state index is -2.24. The lowest BCUT2D eigenvalue weighted by Crippen LogP contribution is -2.56. The van der Waals surface area contributed by atoms with Crippen LogP contribution < -0.4 is 10.1 Å². The Bertz CT molecular complexity index is 831. The van der Waals surface area contributed by atoms with Crippen LogP contribution in [0.25, 0.3) is 0 Å². The van der Waals surface area contributed by atoms with Gasteiger partial charge in [-0.3, -0.25) is 5.32 Å². The van der Waals surface area contributed by atoms with Gasteiger partial charge in [0, 0.05) is 6.42 Å². The third-order valence-electron chi connectivity index (χ3n) is 3.93. The molecule has 0 fully saturated rings. The summed E-state index contributed by atoms with van der Waals surface area (Å²) in [7, 11) is 1.14. The van der Waals surface area contributed by atoms with Gasteiger partial charge in [-0.1, -0.05) is 36.4 Å². The van der Waals surface area contributed by atoms with Gasteiger partial charge in [-0.05, 0) is 51.0 Å². The van der Waals surface area contributed by atoms with Crippen molar-refractivity contribution in [2.45, 2.75) is 44.9 Å². The predicted molar refractivity (Wildman–Crippen MR) is 108 cm³/mol. The van der Waals surface area contributed by atoms with Gasteiger partial charge in [0.25, 0.3) is 0 Å². The van der Waals surface area contributed by atoms with Crippen molar-refractivity contribution < 1.29 is 28.9 Å². The van der Waals surface area contributed by atoms with Crippen LogP contribution in [0.15, 0.2) is 54.6 Å². The summed E-state index contributed by atoms with van der Waals surface area (Å²) < 4.78 is 15.7. The van der Waals surface area contributed by atoms with Crippen LogP contribution in [0, 0.1) is 0 Å². The quantitative estimate of drug-likeness (QED) is 0.541. The average molecular weight is 401 g/mol. The summed E-state index contributed by atoms with van der Waals surface area (Å²) in [4.78, 5) is 24.2. The number of aliphatic hydroxyl groups is 1. The molecule has 0 saturated carbocycles. The zero-order valence-electron chi connectivity index (χ0n) is 17.1. The zero-order chi connectivity index (χ0) is 21.5. The van der Waals surface area contributed by atoms with Crippen molar-refractivity contribution in [1.29, 1.82) is 0 Å². The Labute approximate surface area is 170 Å². The maximum atomic E-state index is 12.2. The number of carbonyl (C=O) groups is 2. The van der Waals surface area contributed by atoms with Gasteiger partial charge in [-0.2, -0.15) is 0 Å². The topological polar surface area (TPSA) is 94.1 Å². The molecule has 1 atom stereocenters. The largest absolute Gasteiger partial charge is 0.465 e. The summed E-state index contributed by atoms with van der Waals surface area (Å²) in [5.41, 5.74) is -2.27. The number of hydrogen-bond donors (Lipinski definition) is 2. The minimum Gasteiger partial charge on any atom is -0.465 e. The molecular weight excluding hydrogens is 374 g/mol. The number of aryl methyl sites for hydroxylation is 1. The molecule has 0 heterocycles. The van der Waals surface area contributed by atoms with Gasteiger partial charge >= 0.3 is 12.1 Å². The molecule has 2 rings (SSSR count). The first-order valence-electron chi connectivity index (χ1n) is 9.26. The van der Waals surface area contributed by atoms with Crippen molar-refractivity contribution >= 4 is 12.1 Å². The second-order valence-electron chi connectivity index (χ2n) is 7.50. The Kier molecular flexibility index (Phi) is 7.23.